The lowest BCUT2D eigenvalue weighted by Gasteiger charge is -1.96. The highest BCUT2D eigenvalue weighted by Gasteiger charge is 2.14. The van der Waals surface area contributed by atoms with E-state index in [-0.39, 0.29) is 5.56 Å². The lowest BCUT2D eigenvalue weighted by Crippen LogP contribution is -1.97. The van der Waals surface area contributed by atoms with Crippen LogP contribution in [0.2, 0.25) is 0 Å². The van der Waals surface area contributed by atoms with Crippen molar-refractivity contribution in [3.8, 4) is 11.5 Å². The van der Waals surface area contributed by atoms with E-state index in [1.165, 1.54) is 12.3 Å². The van der Waals surface area contributed by atoms with Gasteiger partial charge in [-0.1, -0.05) is 6.07 Å². The number of aromatic amines is 1. The molecule has 0 aliphatic rings. The fraction of sp³-hybridized carbons (Fsp3) is 0.0769. The van der Waals surface area contributed by atoms with Gasteiger partial charge in [0.25, 0.3) is 0 Å². The second kappa shape index (κ2) is 4.16. The number of rotatable bonds is 2. The second-order valence-electron chi connectivity index (χ2n) is 4.11. The Morgan fingerprint density at radius 1 is 1.26 bits per heavy atom. The van der Waals surface area contributed by atoms with Crippen LogP contribution in [0.1, 0.15) is 16.1 Å². The molecular formula is C13H10N4O2. The summed E-state index contributed by atoms with van der Waals surface area (Å²) in [5.41, 5.74) is 2.46. The number of H-pyrrole nitrogens is 1. The summed E-state index contributed by atoms with van der Waals surface area (Å²) in [5.74, 6) is -0.500. The molecule has 0 atom stereocenters. The van der Waals surface area contributed by atoms with Gasteiger partial charge in [0.1, 0.15) is 5.69 Å². The van der Waals surface area contributed by atoms with E-state index in [2.05, 4.69) is 19.9 Å². The van der Waals surface area contributed by atoms with Gasteiger partial charge in [0.2, 0.25) is 0 Å². The molecule has 0 fully saturated rings. The lowest BCUT2D eigenvalue weighted by molar-refractivity contribution is 0.0699. The van der Waals surface area contributed by atoms with Crippen molar-refractivity contribution in [2.24, 2.45) is 0 Å². The van der Waals surface area contributed by atoms with Crippen LogP contribution in [0.15, 0.2) is 30.5 Å². The monoisotopic (exact) mass is 254 g/mol. The maximum Gasteiger partial charge on any atom is 0.338 e. The number of hydrogen-bond donors (Lipinski definition) is 2. The molecule has 3 aromatic rings. The maximum absolute atomic E-state index is 11.1. The molecule has 0 spiro atoms. The van der Waals surface area contributed by atoms with Gasteiger partial charge < -0.3 is 10.1 Å². The highest BCUT2D eigenvalue weighted by molar-refractivity contribution is 6.00. The number of aromatic nitrogens is 4. The molecule has 0 aliphatic carbocycles. The smallest absolute Gasteiger partial charge is 0.338 e. The van der Waals surface area contributed by atoms with Gasteiger partial charge in [-0.2, -0.15) is 0 Å². The van der Waals surface area contributed by atoms with Gasteiger partial charge in [-0.25, -0.2) is 19.7 Å². The number of fused-ring (bicyclic) bond motifs is 1. The van der Waals surface area contributed by atoms with E-state index < -0.39 is 5.97 Å². The minimum Gasteiger partial charge on any atom is -0.478 e. The maximum atomic E-state index is 11.1. The van der Waals surface area contributed by atoms with Crippen LogP contribution in [0.5, 0.6) is 0 Å². The third kappa shape index (κ3) is 1.93. The minimum atomic E-state index is -1.01. The van der Waals surface area contributed by atoms with Crippen molar-refractivity contribution >= 4 is 17.1 Å². The molecule has 0 saturated heterocycles. The van der Waals surface area contributed by atoms with Crippen LogP contribution < -0.4 is 0 Å². The Labute approximate surface area is 108 Å². The van der Waals surface area contributed by atoms with Crippen molar-refractivity contribution in [1.29, 1.82) is 0 Å². The lowest BCUT2D eigenvalue weighted by atomic mass is 10.2. The molecule has 2 N–H and O–H groups in total. The standard InChI is InChI=1S/C13H10N4O2/c1-7-3-2-4-9(15-7)11-16-10-8(13(18)19)5-6-14-12(10)17-11/h2-6H,1H3,(H,18,19)(H,14,16,17). The van der Waals surface area contributed by atoms with E-state index in [0.29, 0.717) is 22.7 Å². The fourth-order valence-electron chi connectivity index (χ4n) is 1.89. The Balaban J connectivity index is 2.22. The summed E-state index contributed by atoms with van der Waals surface area (Å²) >= 11 is 0. The van der Waals surface area contributed by atoms with E-state index in [4.69, 9.17) is 5.11 Å². The Morgan fingerprint density at radius 2 is 2.11 bits per heavy atom. The van der Waals surface area contributed by atoms with Crippen LogP contribution in [0.3, 0.4) is 0 Å². The molecule has 94 valence electrons. The van der Waals surface area contributed by atoms with Gasteiger partial charge in [-0.3, -0.25) is 0 Å². The molecule has 0 aromatic carbocycles. The largest absolute Gasteiger partial charge is 0.478 e. The van der Waals surface area contributed by atoms with Gasteiger partial charge in [-0.05, 0) is 25.1 Å². The number of pyridine rings is 2. The van der Waals surface area contributed by atoms with Crippen LogP contribution in [0, 0.1) is 6.92 Å². The van der Waals surface area contributed by atoms with Gasteiger partial charge in [0.05, 0.1) is 11.1 Å². The summed E-state index contributed by atoms with van der Waals surface area (Å²) in [6, 6.07) is 7.00. The van der Waals surface area contributed by atoms with Crippen LogP contribution in [-0.2, 0) is 0 Å². The first-order valence-corrected chi connectivity index (χ1v) is 5.67. The van der Waals surface area contributed by atoms with E-state index in [0.717, 1.165) is 5.69 Å². The van der Waals surface area contributed by atoms with E-state index in [1.807, 2.05) is 25.1 Å². The fourth-order valence-corrected chi connectivity index (χ4v) is 1.89. The predicted octanol–water partition coefficient (Wildman–Crippen LogP) is 2.03. The summed E-state index contributed by atoms with van der Waals surface area (Å²) in [6.07, 6.45) is 1.43. The summed E-state index contributed by atoms with van der Waals surface area (Å²) in [5, 5.41) is 9.12. The number of carboxylic acids is 1. The molecule has 0 amide bonds. The van der Waals surface area contributed by atoms with Gasteiger partial charge in [-0.15, -0.1) is 0 Å². The van der Waals surface area contributed by atoms with E-state index in [9.17, 15) is 4.79 Å². The number of carbonyl (C=O) groups is 1. The predicted molar refractivity (Wildman–Crippen MR) is 68.8 cm³/mol. The zero-order valence-corrected chi connectivity index (χ0v) is 10.1. The molecule has 3 aromatic heterocycles. The molecule has 0 saturated carbocycles. The molecule has 6 nitrogen and oxygen atoms in total. The molecule has 0 unspecified atom stereocenters. The average molecular weight is 254 g/mol. The number of nitrogens with zero attached hydrogens (tertiary/aromatic N) is 3. The molecule has 19 heavy (non-hydrogen) atoms. The highest BCUT2D eigenvalue weighted by Crippen LogP contribution is 2.20. The normalized spacial score (nSPS) is 10.8. The number of carboxylic acid groups (broad SMARTS) is 1. The van der Waals surface area contributed by atoms with Crippen molar-refractivity contribution in [3.05, 3.63) is 41.7 Å². The SMILES string of the molecule is Cc1cccc(-c2nc3nccc(C(=O)O)c3[nH]2)n1. The summed E-state index contributed by atoms with van der Waals surface area (Å²) in [7, 11) is 0. The van der Waals surface area contributed by atoms with Crippen molar-refractivity contribution in [2.75, 3.05) is 0 Å². The third-order valence-corrected chi connectivity index (χ3v) is 2.75. The molecular weight excluding hydrogens is 244 g/mol. The number of nitrogens with one attached hydrogen (secondary N) is 1. The zero-order chi connectivity index (χ0) is 13.4. The highest BCUT2D eigenvalue weighted by atomic mass is 16.4. The molecule has 0 radical (unpaired) electrons. The zero-order valence-electron chi connectivity index (χ0n) is 10.1. The van der Waals surface area contributed by atoms with Crippen LogP contribution in [0.4, 0.5) is 0 Å². The van der Waals surface area contributed by atoms with Crippen molar-refractivity contribution < 1.29 is 9.90 Å². The van der Waals surface area contributed by atoms with Crippen LogP contribution >= 0.6 is 0 Å². The Morgan fingerprint density at radius 3 is 2.84 bits per heavy atom. The summed E-state index contributed by atoms with van der Waals surface area (Å²) in [6.45, 7) is 1.88. The number of imidazole rings is 1. The Kier molecular flexibility index (Phi) is 2.49. The quantitative estimate of drug-likeness (QED) is 0.730. The van der Waals surface area contributed by atoms with Crippen molar-refractivity contribution in [2.45, 2.75) is 6.92 Å². The first-order valence-electron chi connectivity index (χ1n) is 5.67. The first kappa shape index (κ1) is 11.3. The van der Waals surface area contributed by atoms with E-state index >= 15 is 0 Å². The molecule has 6 heteroatoms. The summed E-state index contributed by atoms with van der Waals surface area (Å²) < 4.78 is 0. The number of hydrogen-bond acceptors (Lipinski definition) is 4. The van der Waals surface area contributed by atoms with Gasteiger partial charge in [0, 0.05) is 11.9 Å². The molecule has 3 rings (SSSR count). The van der Waals surface area contributed by atoms with Crippen LogP contribution in [0.25, 0.3) is 22.7 Å². The minimum absolute atomic E-state index is 0.149. The molecule has 0 aliphatic heterocycles. The van der Waals surface area contributed by atoms with Gasteiger partial charge in [0.15, 0.2) is 11.5 Å². The Bertz CT molecular complexity index is 779. The Hall–Kier alpha value is -2.76. The van der Waals surface area contributed by atoms with Crippen LogP contribution in [-0.4, -0.2) is 31.0 Å². The van der Waals surface area contributed by atoms with Crippen molar-refractivity contribution in [1.82, 2.24) is 19.9 Å². The van der Waals surface area contributed by atoms with E-state index in [1.54, 1.807) is 0 Å². The first-order chi connectivity index (χ1) is 9.15. The summed E-state index contributed by atoms with van der Waals surface area (Å²) in [4.78, 5) is 26.8. The van der Waals surface area contributed by atoms with Gasteiger partial charge >= 0.3 is 5.97 Å². The average Bonchev–Trinajstić information content (AvgIpc) is 2.82. The number of aryl methyl sites for hydroxylation is 1. The number of aromatic carboxylic acids is 1. The molecule has 0 bridgehead atoms. The third-order valence-electron chi connectivity index (χ3n) is 2.75. The van der Waals surface area contributed by atoms with Crippen molar-refractivity contribution in [3.63, 3.8) is 0 Å². The topological polar surface area (TPSA) is 91.8 Å². The molecule has 3 heterocycles. The second-order valence-corrected chi connectivity index (χ2v) is 4.11.